The van der Waals surface area contributed by atoms with Gasteiger partial charge in [-0.05, 0) is 24.3 Å². The first kappa shape index (κ1) is 18.3. The minimum absolute atomic E-state index is 0.00144. The fourth-order valence-corrected chi connectivity index (χ4v) is 2.80. The fraction of sp³-hybridized carbons (Fsp3) is 0.400. The molecule has 0 N–H and O–H groups in total. The monoisotopic (exact) mass is 341 g/mol. The van der Waals surface area contributed by atoms with Gasteiger partial charge in [0, 0.05) is 17.2 Å². The van der Waals surface area contributed by atoms with Crippen molar-refractivity contribution in [2.24, 2.45) is 5.41 Å². The summed E-state index contributed by atoms with van der Waals surface area (Å²) in [5.41, 5.74) is -0.971. The lowest BCUT2D eigenvalue weighted by atomic mass is 9.80. The third kappa shape index (κ3) is 3.54. The van der Waals surface area contributed by atoms with E-state index >= 15 is 0 Å². The molecule has 1 unspecified atom stereocenters. The first-order chi connectivity index (χ1) is 9.84. The zero-order valence-electron chi connectivity index (χ0n) is 12.7. The number of halogens is 1. The maximum Gasteiger partial charge on any atom is 0.251 e. The molecule has 0 radical (unpaired) electrons. The predicted molar refractivity (Wildman–Crippen MR) is 82.5 cm³/mol. The Hall–Kier alpha value is -1.71. The Morgan fingerprint density at radius 3 is 1.91 bits per heavy atom. The number of hydrogen-bond donors (Lipinski definition) is 0. The van der Waals surface area contributed by atoms with Gasteiger partial charge in [0.25, 0.3) is 4.87 Å². The number of carbonyl (C=O) groups excluding carboxylic acids is 2. The number of benzene rings is 1. The van der Waals surface area contributed by atoms with E-state index in [9.17, 15) is 23.3 Å². The summed E-state index contributed by atoms with van der Waals surface area (Å²) in [6.45, 7) is 4.68. The molecule has 0 aliphatic rings. The van der Waals surface area contributed by atoms with Crippen LogP contribution in [0.5, 0.6) is 0 Å². The summed E-state index contributed by atoms with van der Waals surface area (Å²) in [5.74, 6) is -1.57. The van der Waals surface area contributed by atoms with E-state index in [1.54, 1.807) is 26.8 Å². The first-order valence-electron chi connectivity index (χ1n) is 6.34. The van der Waals surface area contributed by atoms with Crippen molar-refractivity contribution in [2.45, 2.75) is 30.5 Å². The smallest absolute Gasteiger partial charge is 0.251 e. The third-order valence-electron chi connectivity index (χ3n) is 3.01. The highest BCUT2D eigenvalue weighted by Gasteiger charge is 2.49. The van der Waals surface area contributed by atoms with Gasteiger partial charge in [-0.25, -0.2) is 8.42 Å². The van der Waals surface area contributed by atoms with Gasteiger partial charge >= 0.3 is 0 Å². The van der Waals surface area contributed by atoms with Gasteiger partial charge < -0.3 is 0 Å². The van der Waals surface area contributed by atoms with Crippen LogP contribution in [0.15, 0.2) is 29.2 Å². The SMILES string of the molecule is CC(C)(C)C(=O)C(Cl)(C#N)C(=O)c1ccc(S(C)(=O)=O)cc1. The van der Waals surface area contributed by atoms with Crippen LogP contribution in [-0.4, -0.2) is 31.1 Å². The molecule has 0 aromatic heterocycles. The van der Waals surface area contributed by atoms with E-state index in [0.29, 0.717) is 0 Å². The number of rotatable bonds is 4. The van der Waals surface area contributed by atoms with Crippen molar-refractivity contribution < 1.29 is 18.0 Å². The number of ketones is 2. The van der Waals surface area contributed by atoms with Gasteiger partial charge in [0.2, 0.25) is 5.78 Å². The van der Waals surface area contributed by atoms with Crippen molar-refractivity contribution in [2.75, 3.05) is 6.26 Å². The van der Waals surface area contributed by atoms with Crippen LogP contribution in [-0.2, 0) is 14.6 Å². The van der Waals surface area contributed by atoms with Gasteiger partial charge in [0.15, 0.2) is 15.6 Å². The molecule has 1 rings (SSSR count). The molecule has 0 saturated carbocycles. The second-order valence-corrected chi connectivity index (χ2v) is 8.56. The van der Waals surface area contributed by atoms with E-state index in [0.717, 1.165) is 6.26 Å². The zero-order valence-corrected chi connectivity index (χ0v) is 14.2. The van der Waals surface area contributed by atoms with E-state index in [4.69, 9.17) is 11.6 Å². The highest BCUT2D eigenvalue weighted by Crippen LogP contribution is 2.31. The van der Waals surface area contributed by atoms with Crippen LogP contribution in [0.4, 0.5) is 0 Å². The molecule has 0 aliphatic heterocycles. The molecule has 118 valence electrons. The molecule has 0 aliphatic carbocycles. The van der Waals surface area contributed by atoms with E-state index in [-0.39, 0.29) is 10.5 Å². The quantitative estimate of drug-likeness (QED) is 0.476. The van der Waals surface area contributed by atoms with E-state index in [1.807, 2.05) is 0 Å². The Labute approximate surface area is 134 Å². The van der Waals surface area contributed by atoms with Gasteiger partial charge in [-0.15, -0.1) is 0 Å². The number of nitrogens with zero attached hydrogens (tertiary/aromatic N) is 1. The predicted octanol–water partition coefficient (Wildman–Crippen LogP) is 2.39. The standard InChI is InChI=1S/C15H16ClNO4S/c1-14(2,3)13(19)15(16,9-17)12(18)10-5-7-11(8-6-10)22(4,20)21/h5-8H,1-4H3. The normalized spacial score (nSPS) is 14.7. The van der Waals surface area contributed by atoms with Crippen LogP contribution in [0.3, 0.4) is 0 Å². The first-order valence-corrected chi connectivity index (χ1v) is 8.61. The van der Waals surface area contributed by atoms with Gasteiger partial charge in [-0.1, -0.05) is 32.4 Å². The molecule has 0 bridgehead atoms. The molecule has 5 nitrogen and oxygen atoms in total. The molecule has 1 atom stereocenters. The molecule has 0 spiro atoms. The third-order valence-corrected chi connectivity index (χ3v) is 4.56. The lowest BCUT2D eigenvalue weighted by molar-refractivity contribution is -0.126. The lowest BCUT2D eigenvalue weighted by Gasteiger charge is -2.25. The summed E-state index contributed by atoms with van der Waals surface area (Å²) in [4.78, 5) is 22.4. The lowest BCUT2D eigenvalue weighted by Crippen LogP contribution is -2.46. The fourth-order valence-electron chi connectivity index (χ4n) is 1.77. The number of hydrogen-bond acceptors (Lipinski definition) is 5. The summed E-state index contributed by atoms with van der Waals surface area (Å²) < 4.78 is 22.8. The Morgan fingerprint density at radius 2 is 1.59 bits per heavy atom. The molecular weight excluding hydrogens is 326 g/mol. The molecule has 0 heterocycles. The highest BCUT2D eigenvalue weighted by atomic mass is 35.5. The maximum absolute atomic E-state index is 12.4. The minimum atomic E-state index is -3.40. The Balaban J connectivity index is 3.30. The maximum atomic E-state index is 12.4. The average molecular weight is 342 g/mol. The molecule has 7 heteroatoms. The summed E-state index contributed by atoms with van der Waals surface area (Å²) in [6.07, 6.45) is 1.04. The van der Waals surface area contributed by atoms with Crippen molar-refractivity contribution in [3.63, 3.8) is 0 Å². The zero-order chi connectivity index (χ0) is 17.3. The van der Waals surface area contributed by atoms with Gasteiger partial charge in [-0.3, -0.25) is 9.59 Å². The van der Waals surface area contributed by atoms with Crippen LogP contribution in [0.2, 0.25) is 0 Å². The van der Waals surface area contributed by atoms with Crippen LogP contribution in [0.1, 0.15) is 31.1 Å². The van der Waals surface area contributed by atoms with Crippen molar-refractivity contribution >= 4 is 33.0 Å². The number of Topliss-reactive ketones (excluding diaryl/α,β-unsaturated/α-hetero) is 2. The summed E-state index contributed by atoms with van der Waals surface area (Å²) in [6, 6.07) is 6.52. The van der Waals surface area contributed by atoms with Crippen molar-refractivity contribution in [3.8, 4) is 6.07 Å². The average Bonchev–Trinajstić information content (AvgIpc) is 2.43. The van der Waals surface area contributed by atoms with Crippen LogP contribution in [0, 0.1) is 16.7 Å². The Kier molecular flexibility index (Phi) is 4.85. The number of nitriles is 1. The van der Waals surface area contributed by atoms with Crippen molar-refractivity contribution in [1.29, 1.82) is 5.26 Å². The van der Waals surface area contributed by atoms with Gasteiger partial charge in [0.1, 0.15) is 6.07 Å². The molecule has 0 amide bonds. The molecule has 1 aromatic carbocycles. The molecule has 0 fully saturated rings. The molecule has 1 aromatic rings. The molecular formula is C15H16ClNO4S. The van der Waals surface area contributed by atoms with E-state index in [2.05, 4.69) is 0 Å². The highest BCUT2D eigenvalue weighted by molar-refractivity contribution is 7.90. The number of carbonyl (C=O) groups is 2. The van der Waals surface area contributed by atoms with Gasteiger partial charge in [-0.2, -0.15) is 5.26 Å². The molecule has 22 heavy (non-hydrogen) atoms. The number of sulfone groups is 1. The van der Waals surface area contributed by atoms with Crippen LogP contribution >= 0.6 is 11.6 Å². The van der Waals surface area contributed by atoms with Crippen molar-refractivity contribution in [1.82, 2.24) is 0 Å². The summed E-state index contributed by atoms with van der Waals surface area (Å²) in [7, 11) is -3.40. The van der Waals surface area contributed by atoms with Crippen molar-refractivity contribution in [3.05, 3.63) is 29.8 Å². The number of alkyl halides is 1. The second-order valence-electron chi connectivity index (χ2n) is 5.98. The van der Waals surface area contributed by atoms with Gasteiger partial charge in [0.05, 0.1) is 4.90 Å². The van der Waals surface area contributed by atoms with E-state index < -0.39 is 31.7 Å². The summed E-state index contributed by atoms with van der Waals surface area (Å²) in [5, 5.41) is 9.22. The van der Waals surface area contributed by atoms with E-state index in [1.165, 1.54) is 24.3 Å². The minimum Gasteiger partial charge on any atom is -0.295 e. The summed E-state index contributed by atoms with van der Waals surface area (Å²) >= 11 is 6.00. The van der Waals surface area contributed by atoms with Crippen LogP contribution in [0.25, 0.3) is 0 Å². The largest absolute Gasteiger partial charge is 0.295 e. The molecule has 0 saturated heterocycles. The topological polar surface area (TPSA) is 92.1 Å². The Morgan fingerprint density at radius 1 is 1.14 bits per heavy atom. The van der Waals surface area contributed by atoms with Crippen LogP contribution < -0.4 is 0 Å². The Bertz CT molecular complexity index is 754. The second kappa shape index (κ2) is 5.82.